The van der Waals surface area contributed by atoms with Crippen molar-refractivity contribution in [3.8, 4) is 0 Å². The molecule has 1 unspecified atom stereocenters. The SMILES string of the molecule is O=C(O)CCCCCC[C@@H]1[C@@H](CCC(O)c2nc3ccccc3s2)[C@H](O)C[C@@H]1O. The maximum absolute atomic E-state index is 10.6. The summed E-state index contributed by atoms with van der Waals surface area (Å²) in [5.41, 5.74) is 0.892. The van der Waals surface area contributed by atoms with Gasteiger partial charge in [-0.3, -0.25) is 4.79 Å². The molecule has 1 saturated carbocycles. The van der Waals surface area contributed by atoms with Gasteiger partial charge in [0.05, 0.1) is 22.4 Å². The summed E-state index contributed by atoms with van der Waals surface area (Å²) >= 11 is 1.50. The molecule has 0 saturated heterocycles. The second-order valence-corrected chi connectivity index (χ2v) is 9.22. The number of rotatable bonds is 11. The monoisotopic (exact) mass is 421 g/mol. The van der Waals surface area contributed by atoms with E-state index in [1.165, 1.54) is 11.3 Å². The summed E-state index contributed by atoms with van der Waals surface area (Å²) in [5.74, 6) is -0.744. The molecule has 1 heterocycles. The molecule has 5 atom stereocenters. The topological polar surface area (TPSA) is 111 Å². The lowest BCUT2D eigenvalue weighted by molar-refractivity contribution is -0.137. The number of fused-ring (bicyclic) bond motifs is 1. The molecule has 1 aromatic carbocycles. The van der Waals surface area contributed by atoms with Gasteiger partial charge in [-0.1, -0.05) is 31.4 Å². The van der Waals surface area contributed by atoms with Crippen LogP contribution in [-0.4, -0.2) is 43.6 Å². The third-order valence-electron chi connectivity index (χ3n) is 6.07. The molecule has 7 heteroatoms. The van der Waals surface area contributed by atoms with Crippen molar-refractivity contribution in [2.45, 2.75) is 76.1 Å². The predicted molar refractivity (Wildman–Crippen MR) is 113 cm³/mol. The Hall–Kier alpha value is -1.54. The molecule has 0 aliphatic heterocycles. The first kappa shape index (κ1) is 22.2. The molecule has 4 N–H and O–H groups in total. The summed E-state index contributed by atoms with van der Waals surface area (Å²) in [6.45, 7) is 0. The summed E-state index contributed by atoms with van der Waals surface area (Å²) in [4.78, 5) is 15.1. The molecule has 0 bridgehead atoms. The Kier molecular flexibility index (Phi) is 8.00. The largest absolute Gasteiger partial charge is 0.481 e. The number of nitrogens with zero attached hydrogens (tertiary/aromatic N) is 1. The lowest BCUT2D eigenvalue weighted by Crippen LogP contribution is -2.23. The minimum absolute atomic E-state index is 0.0203. The number of hydrogen-bond acceptors (Lipinski definition) is 6. The van der Waals surface area contributed by atoms with Crippen LogP contribution in [0.2, 0.25) is 0 Å². The minimum Gasteiger partial charge on any atom is -0.481 e. The van der Waals surface area contributed by atoms with Crippen LogP contribution in [0.5, 0.6) is 0 Å². The van der Waals surface area contributed by atoms with Crippen LogP contribution in [-0.2, 0) is 4.79 Å². The van der Waals surface area contributed by atoms with E-state index in [1.807, 2.05) is 24.3 Å². The first-order valence-electron chi connectivity index (χ1n) is 10.6. The number of carboxylic acid groups (broad SMARTS) is 1. The van der Waals surface area contributed by atoms with Gasteiger partial charge >= 0.3 is 5.97 Å². The van der Waals surface area contributed by atoms with Gasteiger partial charge in [-0.15, -0.1) is 11.3 Å². The van der Waals surface area contributed by atoms with E-state index >= 15 is 0 Å². The summed E-state index contributed by atoms with van der Waals surface area (Å²) in [7, 11) is 0. The Labute approximate surface area is 175 Å². The van der Waals surface area contributed by atoms with Crippen LogP contribution in [0, 0.1) is 11.8 Å². The average molecular weight is 422 g/mol. The van der Waals surface area contributed by atoms with Gasteiger partial charge in [-0.2, -0.15) is 0 Å². The van der Waals surface area contributed by atoms with Crippen molar-refractivity contribution in [3.05, 3.63) is 29.3 Å². The highest BCUT2D eigenvalue weighted by Crippen LogP contribution is 2.40. The number of aromatic nitrogens is 1. The van der Waals surface area contributed by atoms with Crippen molar-refractivity contribution in [1.82, 2.24) is 4.98 Å². The third-order valence-corrected chi connectivity index (χ3v) is 7.21. The summed E-state index contributed by atoms with van der Waals surface area (Å²) in [6.07, 6.45) is 4.31. The van der Waals surface area contributed by atoms with Crippen LogP contribution < -0.4 is 0 Å². The summed E-state index contributed by atoms with van der Waals surface area (Å²) in [6, 6.07) is 7.82. The maximum Gasteiger partial charge on any atom is 0.303 e. The van der Waals surface area contributed by atoms with E-state index in [9.17, 15) is 20.1 Å². The van der Waals surface area contributed by atoms with Gasteiger partial charge in [0.1, 0.15) is 11.1 Å². The number of hydrogen-bond donors (Lipinski definition) is 4. The van der Waals surface area contributed by atoms with E-state index in [1.54, 1.807) is 0 Å². The lowest BCUT2D eigenvalue weighted by Gasteiger charge is -2.24. The van der Waals surface area contributed by atoms with Crippen molar-refractivity contribution < 1.29 is 25.2 Å². The van der Waals surface area contributed by atoms with Crippen LogP contribution in [0.3, 0.4) is 0 Å². The van der Waals surface area contributed by atoms with Crippen LogP contribution >= 0.6 is 11.3 Å². The molecule has 1 fully saturated rings. The minimum atomic E-state index is -0.758. The van der Waals surface area contributed by atoms with E-state index in [4.69, 9.17) is 5.11 Å². The fourth-order valence-corrected chi connectivity index (χ4v) is 5.48. The molecule has 2 aromatic rings. The Morgan fingerprint density at radius 1 is 1.07 bits per heavy atom. The van der Waals surface area contributed by atoms with Crippen molar-refractivity contribution >= 4 is 27.5 Å². The molecule has 0 radical (unpaired) electrons. The highest BCUT2D eigenvalue weighted by molar-refractivity contribution is 7.18. The number of aliphatic hydroxyl groups excluding tert-OH is 3. The normalized spacial score (nSPS) is 25.5. The molecular formula is C22H31NO5S. The van der Waals surface area contributed by atoms with Gasteiger partial charge in [0.25, 0.3) is 0 Å². The second kappa shape index (κ2) is 10.5. The number of aliphatic hydroxyl groups is 3. The molecule has 160 valence electrons. The van der Waals surface area contributed by atoms with Gasteiger partial charge in [0.15, 0.2) is 0 Å². The molecule has 29 heavy (non-hydrogen) atoms. The second-order valence-electron chi connectivity index (χ2n) is 8.16. The number of benzene rings is 1. The smallest absolute Gasteiger partial charge is 0.303 e. The van der Waals surface area contributed by atoms with E-state index in [2.05, 4.69) is 4.98 Å². The molecule has 3 rings (SSSR count). The molecule has 0 spiro atoms. The van der Waals surface area contributed by atoms with Gasteiger partial charge in [-0.05, 0) is 56.1 Å². The summed E-state index contributed by atoms with van der Waals surface area (Å²) < 4.78 is 1.05. The van der Waals surface area contributed by atoms with Crippen molar-refractivity contribution in [3.63, 3.8) is 0 Å². The molecule has 1 aliphatic carbocycles. The van der Waals surface area contributed by atoms with E-state index in [0.717, 1.165) is 35.9 Å². The molecule has 1 aromatic heterocycles. The average Bonchev–Trinajstić information content (AvgIpc) is 3.23. The third kappa shape index (κ3) is 5.98. The maximum atomic E-state index is 10.6. The van der Waals surface area contributed by atoms with Gasteiger partial charge in [0, 0.05) is 6.42 Å². The molecule has 0 amide bonds. The van der Waals surface area contributed by atoms with Crippen LogP contribution in [0.1, 0.15) is 68.9 Å². The molecule has 6 nitrogen and oxygen atoms in total. The zero-order valence-electron chi connectivity index (χ0n) is 16.6. The highest BCUT2D eigenvalue weighted by Gasteiger charge is 2.41. The van der Waals surface area contributed by atoms with Gasteiger partial charge in [-0.25, -0.2) is 4.98 Å². The Morgan fingerprint density at radius 3 is 2.48 bits per heavy atom. The fourth-order valence-electron chi connectivity index (χ4n) is 4.50. The van der Waals surface area contributed by atoms with E-state index in [0.29, 0.717) is 30.7 Å². The predicted octanol–water partition coefficient (Wildman–Crippen LogP) is 3.89. The zero-order valence-corrected chi connectivity index (χ0v) is 17.4. The standard InChI is InChI=1S/C22H31NO5S/c24-17(22-23-16-8-5-6-9-20(16)29-22)12-11-15-14(18(25)13-19(15)26)7-3-1-2-4-10-21(27)28/h5-6,8-9,14-15,17-19,24-26H,1-4,7,10-13H2,(H,27,28)/t14-,15-,17?,18+,19-/m1/s1. The van der Waals surface area contributed by atoms with Gasteiger partial charge in [0.2, 0.25) is 0 Å². The number of unbranched alkanes of at least 4 members (excludes halogenated alkanes) is 3. The van der Waals surface area contributed by atoms with Crippen molar-refractivity contribution in [2.24, 2.45) is 11.8 Å². The molecular weight excluding hydrogens is 390 g/mol. The fraction of sp³-hybridized carbons (Fsp3) is 0.636. The van der Waals surface area contributed by atoms with Crippen molar-refractivity contribution in [2.75, 3.05) is 0 Å². The van der Waals surface area contributed by atoms with Crippen LogP contribution in [0.25, 0.3) is 10.2 Å². The number of carbonyl (C=O) groups is 1. The van der Waals surface area contributed by atoms with Crippen LogP contribution in [0.15, 0.2) is 24.3 Å². The van der Waals surface area contributed by atoms with Crippen molar-refractivity contribution in [1.29, 1.82) is 0 Å². The Bertz CT molecular complexity index is 761. The number of thiazole rings is 1. The quantitative estimate of drug-likeness (QED) is 0.410. The zero-order chi connectivity index (χ0) is 20.8. The van der Waals surface area contributed by atoms with Crippen LogP contribution in [0.4, 0.5) is 0 Å². The van der Waals surface area contributed by atoms with Gasteiger partial charge < -0.3 is 20.4 Å². The Balaban J connectivity index is 1.48. The first-order chi connectivity index (χ1) is 14.0. The van der Waals surface area contributed by atoms with E-state index < -0.39 is 24.3 Å². The lowest BCUT2D eigenvalue weighted by atomic mass is 9.85. The number of aliphatic carboxylic acids is 1. The first-order valence-corrected chi connectivity index (χ1v) is 11.4. The molecule has 1 aliphatic rings. The number of carboxylic acids is 1. The Morgan fingerprint density at radius 2 is 1.76 bits per heavy atom. The van der Waals surface area contributed by atoms with E-state index in [-0.39, 0.29) is 18.3 Å². The highest BCUT2D eigenvalue weighted by atomic mass is 32.1. The number of para-hydroxylation sites is 1. The summed E-state index contributed by atoms with van der Waals surface area (Å²) in [5, 5.41) is 40.8.